The van der Waals surface area contributed by atoms with E-state index in [2.05, 4.69) is 25.7 Å². The van der Waals surface area contributed by atoms with E-state index in [1.54, 1.807) is 0 Å². The Morgan fingerprint density at radius 3 is 2.21 bits per heavy atom. The molecular formula is C11H21NOS. The van der Waals surface area contributed by atoms with Crippen LogP contribution in [0.4, 0.5) is 0 Å². The van der Waals surface area contributed by atoms with Crippen molar-refractivity contribution in [1.29, 1.82) is 0 Å². The first-order chi connectivity index (χ1) is 6.29. The number of hydrogen-bond donors (Lipinski definition) is 0. The fourth-order valence-electron chi connectivity index (χ4n) is 1.67. The highest BCUT2D eigenvalue weighted by molar-refractivity contribution is 8.13. The summed E-state index contributed by atoms with van der Waals surface area (Å²) in [6.45, 7) is 7.43. The molecular weight excluding hydrogens is 194 g/mol. The Labute approximate surface area is 91.4 Å². The van der Waals surface area contributed by atoms with Crippen LogP contribution >= 0.6 is 11.8 Å². The zero-order chi connectivity index (χ0) is 11.0. The largest absolute Gasteiger partial charge is 0.309 e. The molecule has 82 valence electrons. The van der Waals surface area contributed by atoms with Crippen LogP contribution < -0.4 is 0 Å². The lowest BCUT2D eigenvalue weighted by atomic mass is 10.0. The molecule has 0 spiro atoms. The monoisotopic (exact) mass is 215 g/mol. The fraction of sp³-hybridized carbons (Fsp3) is 0.909. The van der Waals surface area contributed by atoms with E-state index in [1.165, 1.54) is 11.8 Å². The summed E-state index contributed by atoms with van der Waals surface area (Å²) in [4.78, 5) is 14.0. The van der Waals surface area contributed by atoms with Crippen LogP contribution in [0.5, 0.6) is 0 Å². The summed E-state index contributed by atoms with van der Waals surface area (Å²) >= 11 is 1.50. The van der Waals surface area contributed by atoms with Crippen molar-refractivity contribution in [3.63, 3.8) is 0 Å². The number of carbonyl (C=O) groups is 1. The summed E-state index contributed by atoms with van der Waals surface area (Å²) in [5.41, 5.74) is 0.180. The third-order valence-corrected chi connectivity index (χ3v) is 4.49. The highest BCUT2D eigenvalue weighted by atomic mass is 32.2. The average molecular weight is 215 g/mol. The quantitative estimate of drug-likeness (QED) is 0.717. The second-order valence-electron chi connectivity index (χ2n) is 5.33. The van der Waals surface area contributed by atoms with Gasteiger partial charge in [-0.2, -0.15) is 0 Å². The molecule has 1 fully saturated rings. The molecule has 0 amide bonds. The lowest BCUT2D eigenvalue weighted by Gasteiger charge is -2.14. The minimum atomic E-state index is -0.0516. The Balaban J connectivity index is 2.31. The van der Waals surface area contributed by atoms with Crippen LogP contribution in [0.3, 0.4) is 0 Å². The minimum absolute atomic E-state index is 0.0516. The number of nitrogens with zero attached hydrogens (tertiary/aromatic N) is 1. The van der Waals surface area contributed by atoms with Crippen molar-refractivity contribution in [3.05, 3.63) is 0 Å². The Hall–Kier alpha value is -0.0200. The molecule has 1 unspecified atom stereocenters. The van der Waals surface area contributed by atoms with Gasteiger partial charge in [0, 0.05) is 17.7 Å². The first-order valence-corrected chi connectivity index (χ1v) is 6.10. The van der Waals surface area contributed by atoms with Gasteiger partial charge in [0.15, 0.2) is 5.12 Å². The van der Waals surface area contributed by atoms with E-state index in [9.17, 15) is 4.79 Å². The van der Waals surface area contributed by atoms with E-state index in [4.69, 9.17) is 0 Å². The van der Waals surface area contributed by atoms with Gasteiger partial charge in [0.25, 0.3) is 0 Å². The van der Waals surface area contributed by atoms with Crippen LogP contribution in [0.1, 0.15) is 27.2 Å². The van der Waals surface area contributed by atoms with E-state index >= 15 is 0 Å². The highest BCUT2D eigenvalue weighted by Gasteiger charge is 2.62. The summed E-state index contributed by atoms with van der Waals surface area (Å²) in [5, 5.41) is 0.379. The molecule has 3 heteroatoms. The maximum Gasteiger partial charge on any atom is 0.195 e. The lowest BCUT2D eigenvalue weighted by molar-refractivity contribution is -0.115. The Kier molecular flexibility index (Phi) is 3.32. The number of carbonyl (C=O) groups excluding carboxylic acids is 1. The molecule has 0 aliphatic heterocycles. The van der Waals surface area contributed by atoms with Gasteiger partial charge in [-0.3, -0.25) is 4.79 Å². The first kappa shape index (κ1) is 12.1. The molecule has 0 aromatic carbocycles. The zero-order valence-corrected chi connectivity index (χ0v) is 10.7. The molecule has 0 radical (unpaired) electrons. The molecule has 14 heavy (non-hydrogen) atoms. The fourth-order valence-corrected chi connectivity index (χ4v) is 2.98. The SMILES string of the molecule is CN(C)CCSC(=O)C1(C)CC1(C)C. The Morgan fingerprint density at radius 2 is 1.86 bits per heavy atom. The van der Waals surface area contributed by atoms with Crippen molar-refractivity contribution in [2.75, 3.05) is 26.4 Å². The molecule has 1 atom stereocenters. The molecule has 2 nitrogen and oxygen atoms in total. The summed E-state index contributed by atoms with van der Waals surface area (Å²) in [6, 6.07) is 0. The van der Waals surface area contributed by atoms with Gasteiger partial charge in [0.1, 0.15) is 0 Å². The molecule has 0 aromatic heterocycles. The average Bonchev–Trinajstić information content (AvgIpc) is 2.51. The van der Waals surface area contributed by atoms with Crippen LogP contribution in [0.2, 0.25) is 0 Å². The molecule has 1 saturated carbocycles. The van der Waals surface area contributed by atoms with Crippen molar-refractivity contribution < 1.29 is 4.79 Å². The Morgan fingerprint density at radius 1 is 1.36 bits per heavy atom. The number of rotatable bonds is 4. The van der Waals surface area contributed by atoms with Gasteiger partial charge in [-0.25, -0.2) is 0 Å². The van der Waals surface area contributed by atoms with Gasteiger partial charge >= 0.3 is 0 Å². The van der Waals surface area contributed by atoms with Crippen molar-refractivity contribution >= 4 is 16.9 Å². The van der Waals surface area contributed by atoms with Crippen LogP contribution in [0.25, 0.3) is 0 Å². The highest BCUT2D eigenvalue weighted by Crippen LogP contribution is 2.64. The third kappa shape index (κ3) is 2.31. The van der Waals surface area contributed by atoms with Gasteiger partial charge in [0.2, 0.25) is 0 Å². The Bertz CT molecular complexity index is 237. The number of thioether (sulfide) groups is 1. The smallest absolute Gasteiger partial charge is 0.195 e. The van der Waals surface area contributed by atoms with Crippen LogP contribution in [0, 0.1) is 10.8 Å². The van der Waals surface area contributed by atoms with Crippen molar-refractivity contribution in [1.82, 2.24) is 4.90 Å². The van der Waals surface area contributed by atoms with Crippen LogP contribution in [-0.4, -0.2) is 36.4 Å². The van der Waals surface area contributed by atoms with Crippen molar-refractivity contribution in [3.8, 4) is 0 Å². The summed E-state index contributed by atoms with van der Waals surface area (Å²) < 4.78 is 0. The lowest BCUT2D eigenvalue weighted by Crippen LogP contribution is -2.19. The van der Waals surface area contributed by atoms with E-state index in [-0.39, 0.29) is 10.8 Å². The third-order valence-electron chi connectivity index (χ3n) is 3.39. The van der Waals surface area contributed by atoms with E-state index in [0.29, 0.717) is 5.12 Å². The van der Waals surface area contributed by atoms with Gasteiger partial charge in [-0.05, 0) is 25.9 Å². The van der Waals surface area contributed by atoms with Crippen LogP contribution in [0.15, 0.2) is 0 Å². The summed E-state index contributed by atoms with van der Waals surface area (Å²) in [5.74, 6) is 0.914. The predicted molar refractivity (Wildman–Crippen MR) is 62.5 cm³/mol. The predicted octanol–water partition coefficient (Wildman–Crippen LogP) is 2.24. The first-order valence-electron chi connectivity index (χ1n) is 5.11. The topological polar surface area (TPSA) is 20.3 Å². The molecule has 0 heterocycles. The standard InChI is InChI=1S/C11H21NOS/c1-10(2)8-11(10,3)9(13)14-7-6-12(4)5/h6-8H2,1-5H3. The maximum atomic E-state index is 11.9. The second kappa shape index (κ2) is 3.86. The van der Waals surface area contributed by atoms with E-state index in [0.717, 1.165) is 18.7 Å². The van der Waals surface area contributed by atoms with Crippen molar-refractivity contribution in [2.45, 2.75) is 27.2 Å². The zero-order valence-electron chi connectivity index (χ0n) is 9.89. The second-order valence-corrected chi connectivity index (χ2v) is 6.40. The molecule has 0 saturated heterocycles. The van der Waals surface area contributed by atoms with Gasteiger partial charge in [-0.1, -0.05) is 32.5 Å². The van der Waals surface area contributed by atoms with Crippen molar-refractivity contribution in [2.24, 2.45) is 10.8 Å². The summed E-state index contributed by atoms with van der Waals surface area (Å²) in [6.07, 6.45) is 1.05. The van der Waals surface area contributed by atoms with Crippen LogP contribution in [-0.2, 0) is 4.79 Å². The van der Waals surface area contributed by atoms with E-state index < -0.39 is 0 Å². The molecule has 0 bridgehead atoms. The normalized spacial score (nSPS) is 29.3. The van der Waals surface area contributed by atoms with E-state index in [1.807, 2.05) is 14.1 Å². The number of hydrogen-bond acceptors (Lipinski definition) is 3. The summed E-state index contributed by atoms with van der Waals surface area (Å²) in [7, 11) is 4.07. The molecule has 1 aliphatic rings. The molecule has 0 N–H and O–H groups in total. The van der Waals surface area contributed by atoms with Gasteiger partial charge in [-0.15, -0.1) is 0 Å². The minimum Gasteiger partial charge on any atom is -0.309 e. The molecule has 1 rings (SSSR count). The van der Waals surface area contributed by atoms with Gasteiger partial charge < -0.3 is 4.90 Å². The molecule has 1 aliphatic carbocycles. The maximum absolute atomic E-state index is 11.9. The molecule has 0 aromatic rings. The van der Waals surface area contributed by atoms with Gasteiger partial charge in [0.05, 0.1) is 0 Å².